The lowest BCUT2D eigenvalue weighted by molar-refractivity contribution is 0.0686. The van der Waals surface area contributed by atoms with Gasteiger partial charge in [-0.15, -0.1) is 0 Å². The van der Waals surface area contributed by atoms with Crippen LogP contribution in [-0.2, 0) is 6.42 Å². The first kappa shape index (κ1) is 26.6. The van der Waals surface area contributed by atoms with E-state index in [9.17, 15) is 14.7 Å². The highest BCUT2D eigenvalue weighted by atomic mass is 16.4. The number of carbonyl (C=O) groups is 2. The van der Waals surface area contributed by atoms with E-state index in [1.54, 1.807) is 67.6 Å². The van der Waals surface area contributed by atoms with Gasteiger partial charge in [-0.05, 0) is 56.0 Å². The van der Waals surface area contributed by atoms with Crippen molar-refractivity contribution in [2.45, 2.75) is 38.4 Å². The van der Waals surface area contributed by atoms with Gasteiger partial charge in [0.1, 0.15) is 0 Å². The van der Waals surface area contributed by atoms with Crippen LogP contribution < -0.4 is 0 Å². The molecule has 2 atom stereocenters. The van der Waals surface area contributed by atoms with Crippen LogP contribution in [0.2, 0.25) is 0 Å². The summed E-state index contributed by atoms with van der Waals surface area (Å²) in [6.45, 7) is 1.70. The molecule has 0 spiro atoms. The SMILES string of the molecule is CC(O)CC(O)CCc1ccccc1.O=C(O)c1ccccc1.O=C(O)c1ccccc1. The second-order valence-electron chi connectivity index (χ2n) is 7.11. The van der Waals surface area contributed by atoms with Crippen molar-refractivity contribution in [2.75, 3.05) is 0 Å². The van der Waals surface area contributed by atoms with Gasteiger partial charge in [0, 0.05) is 0 Å². The monoisotopic (exact) mass is 438 g/mol. The summed E-state index contributed by atoms with van der Waals surface area (Å²) in [6.07, 6.45) is 1.24. The molecule has 6 heteroatoms. The molecule has 0 radical (unpaired) electrons. The van der Waals surface area contributed by atoms with E-state index in [2.05, 4.69) is 12.1 Å². The summed E-state index contributed by atoms with van der Waals surface area (Å²) in [4.78, 5) is 20.4. The van der Waals surface area contributed by atoms with Crippen LogP contribution in [0.15, 0.2) is 91.0 Å². The largest absolute Gasteiger partial charge is 0.478 e. The van der Waals surface area contributed by atoms with Crippen LogP contribution in [0.5, 0.6) is 0 Å². The molecule has 3 rings (SSSR count). The summed E-state index contributed by atoms with van der Waals surface area (Å²) in [6, 6.07) is 26.7. The van der Waals surface area contributed by atoms with Gasteiger partial charge in [0.25, 0.3) is 0 Å². The van der Waals surface area contributed by atoms with Crippen molar-refractivity contribution in [3.05, 3.63) is 108 Å². The third kappa shape index (κ3) is 12.3. The summed E-state index contributed by atoms with van der Waals surface area (Å²) in [7, 11) is 0. The van der Waals surface area contributed by atoms with Crippen molar-refractivity contribution in [2.24, 2.45) is 0 Å². The van der Waals surface area contributed by atoms with Crippen LogP contribution >= 0.6 is 0 Å². The summed E-state index contributed by atoms with van der Waals surface area (Å²) >= 11 is 0. The zero-order chi connectivity index (χ0) is 23.8. The normalized spacial score (nSPS) is 11.6. The average Bonchev–Trinajstić information content (AvgIpc) is 2.80. The Bertz CT molecular complexity index is 846. The fraction of sp³-hybridized carbons (Fsp3) is 0.231. The highest BCUT2D eigenvalue weighted by Crippen LogP contribution is 2.08. The van der Waals surface area contributed by atoms with E-state index in [4.69, 9.17) is 15.3 Å². The van der Waals surface area contributed by atoms with Crippen molar-refractivity contribution in [1.29, 1.82) is 0 Å². The lowest BCUT2D eigenvalue weighted by Gasteiger charge is -2.11. The molecule has 3 aromatic carbocycles. The van der Waals surface area contributed by atoms with Crippen LogP contribution in [0.1, 0.15) is 46.0 Å². The standard InChI is InChI=1S/C12H18O2.2C7H6O2/c1-10(13)9-12(14)8-7-11-5-3-2-4-6-11;2*8-7(9)6-4-2-1-3-5-6/h2-6,10,12-14H,7-9H2,1H3;2*1-5H,(H,8,9). The second-order valence-corrected chi connectivity index (χ2v) is 7.11. The summed E-state index contributed by atoms with van der Waals surface area (Å²) in [5.41, 5.74) is 1.90. The maximum atomic E-state index is 10.2. The van der Waals surface area contributed by atoms with E-state index in [0.717, 1.165) is 12.8 Å². The molecule has 0 amide bonds. The highest BCUT2D eigenvalue weighted by Gasteiger charge is 2.07. The van der Waals surface area contributed by atoms with Crippen molar-refractivity contribution in [1.82, 2.24) is 0 Å². The first-order chi connectivity index (χ1) is 15.3. The maximum Gasteiger partial charge on any atom is 0.335 e. The quantitative estimate of drug-likeness (QED) is 0.431. The predicted octanol–water partition coefficient (Wildman–Crippen LogP) is 4.52. The van der Waals surface area contributed by atoms with Crippen LogP contribution in [0, 0.1) is 0 Å². The molecule has 0 fully saturated rings. The minimum atomic E-state index is -0.879. The first-order valence-electron chi connectivity index (χ1n) is 10.3. The molecule has 0 heterocycles. The van der Waals surface area contributed by atoms with Gasteiger partial charge in [0.15, 0.2) is 0 Å². The number of aliphatic hydroxyl groups is 2. The zero-order valence-electron chi connectivity index (χ0n) is 18.0. The zero-order valence-corrected chi connectivity index (χ0v) is 18.0. The van der Waals surface area contributed by atoms with Gasteiger partial charge in [-0.25, -0.2) is 9.59 Å². The molecule has 0 saturated carbocycles. The van der Waals surface area contributed by atoms with E-state index >= 15 is 0 Å². The van der Waals surface area contributed by atoms with Gasteiger partial charge in [0.05, 0.1) is 23.3 Å². The average molecular weight is 439 g/mol. The molecule has 32 heavy (non-hydrogen) atoms. The molecular weight excluding hydrogens is 408 g/mol. The van der Waals surface area contributed by atoms with Gasteiger partial charge in [-0.1, -0.05) is 66.7 Å². The maximum absolute atomic E-state index is 10.2. The predicted molar refractivity (Wildman–Crippen MR) is 124 cm³/mol. The van der Waals surface area contributed by atoms with Crippen molar-refractivity contribution in [3.63, 3.8) is 0 Å². The summed E-state index contributed by atoms with van der Waals surface area (Å²) in [5, 5.41) is 35.4. The third-order valence-electron chi connectivity index (χ3n) is 4.26. The number of aryl methyl sites for hydroxylation is 1. The molecule has 3 aromatic rings. The van der Waals surface area contributed by atoms with Crippen molar-refractivity contribution < 1.29 is 30.0 Å². The highest BCUT2D eigenvalue weighted by molar-refractivity contribution is 5.87. The molecule has 6 nitrogen and oxygen atoms in total. The number of benzene rings is 3. The number of aromatic carboxylic acids is 2. The van der Waals surface area contributed by atoms with E-state index in [1.807, 2.05) is 18.2 Å². The van der Waals surface area contributed by atoms with Gasteiger partial charge in [-0.3, -0.25) is 0 Å². The minimum absolute atomic E-state index is 0.331. The Labute approximate surface area is 188 Å². The topological polar surface area (TPSA) is 115 Å². The number of hydrogen-bond acceptors (Lipinski definition) is 4. The Morgan fingerprint density at radius 3 is 1.38 bits per heavy atom. The lowest BCUT2D eigenvalue weighted by Crippen LogP contribution is -2.15. The molecular formula is C26H30O6. The number of aliphatic hydroxyl groups excluding tert-OH is 2. The van der Waals surface area contributed by atoms with Gasteiger partial charge < -0.3 is 20.4 Å². The van der Waals surface area contributed by atoms with E-state index in [-0.39, 0.29) is 0 Å². The van der Waals surface area contributed by atoms with E-state index < -0.39 is 24.1 Å². The van der Waals surface area contributed by atoms with Gasteiger partial charge in [-0.2, -0.15) is 0 Å². The Morgan fingerprint density at radius 1 is 0.688 bits per heavy atom. The number of rotatable bonds is 7. The van der Waals surface area contributed by atoms with Gasteiger partial charge >= 0.3 is 11.9 Å². The smallest absolute Gasteiger partial charge is 0.335 e. The molecule has 170 valence electrons. The first-order valence-corrected chi connectivity index (χ1v) is 10.3. The molecule has 4 N–H and O–H groups in total. The Kier molecular flexibility index (Phi) is 12.7. The Morgan fingerprint density at radius 2 is 1.06 bits per heavy atom. The van der Waals surface area contributed by atoms with Crippen molar-refractivity contribution >= 4 is 11.9 Å². The number of carboxylic acids is 2. The Balaban J connectivity index is 0.000000250. The molecule has 0 bridgehead atoms. The number of carboxylic acid groups (broad SMARTS) is 2. The summed E-state index contributed by atoms with van der Waals surface area (Å²) in [5.74, 6) is -1.76. The molecule has 0 saturated heterocycles. The number of hydrogen-bond donors (Lipinski definition) is 4. The molecule has 2 unspecified atom stereocenters. The van der Waals surface area contributed by atoms with Crippen LogP contribution in [-0.4, -0.2) is 44.6 Å². The van der Waals surface area contributed by atoms with E-state index in [0.29, 0.717) is 17.5 Å². The molecule has 0 aliphatic heterocycles. The molecule has 0 aliphatic rings. The molecule has 0 aromatic heterocycles. The Hall–Kier alpha value is -3.48. The van der Waals surface area contributed by atoms with Crippen LogP contribution in [0.25, 0.3) is 0 Å². The summed E-state index contributed by atoms with van der Waals surface area (Å²) < 4.78 is 0. The lowest BCUT2D eigenvalue weighted by atomic mass is 10.0. The fourth-order valence-corrected chi connectivity index (χ4v) is 2.65. The second kappa shape index (κ2) is 15.3. The van der Waals surface area contributed by atoms with Gasteiger partial charge in [0.2, 0.25) is 0 Å². The minimum Gasteiger partial charge on any atom is -0.478 e. The van der Waals surface area contributed by atoms with Crippen LogP contribution in [0.3, 0.4) is 0 Å². The fourth-order valence-electron chi connectivity index (χ4n) is 2.65. The molecule has 0 aliphatic carbocycles. The third-order valence-corrected chi connectivity index (χ3v) is 4.26. The van der Waals surface area contributed by atoms with Crippen molar-refractivity contribution in [3.8, 4) is 0 Å². The van der Waals surface area contributed by atoms with E-state index in [1.165, 1.54) is 5.56 Å². The van der Waals surface area contributed by atoms with Crippen LogP contribution in [0.4, 0.5) is 0 Å².